The van der Waals surface area contributed by atoms with E-state index in [9.17, 15) is 9.59 Å². The van der Waals surface area contributed by atoms with Crippen molar-refractivity contribution < 1.29 is 18.7 Å². The lowest BCUT2D eigenvalue weighted by molar-refractivity contribution is -0.149. The Kier molecular flexibility index (Phi) is 4.54. The number of aryl methyl sites for hydroxylation is 1. The van der Waals surface area contributed by atoms with Crippen molar-refractivity contribution in [3.05, 3.63) is 34.5 Å². The minimum Gasteiger partial charge on any atom is -0.467 e. The summed E-state index contributed by atoms with van der Waals surface area (Å²) in [6.07, 6.45) is 3.95. The number of esters is 1. The zero-order valence-corrected chi connectivity index (χ0v) is 14.5. The lowest BCUT2D eigenvalue weighted by atomic mass is 9.81. The molecule has 1 fully saturated rings. The fourth-order valence-electron chi connectivity index (χ4n) is 3.43. The van der Waals surface area contributed by atoms with Crippen molar-refractivity contribution in [1.82, 2.24) is 5.32 Å². The number of carbonyl (C=O) groups is 2. The van der Waals surface area contributed by atoms with Crippen LogP contribution in [-0.4, -0.2) is 24.5 Å². The number of carbonyl (C=O) groups excluding carboxylic acids is 2. The second kappa shape index (κ2) is 6.48. The highest BCUT2D eigenvalue weighted by Crippen LogP contribution is 2.33. The largest absolute Gasteiger partial charge is 0.467 e. The Bertz CT molecular complexity index is 790. The Morgan fingerprint density at radius 1 is 1.25 bits per heavy atom. The molecule has 0 saturated heterocycles. The van der Waals surface area contributed by atoms with E-state index in [1.54, 1.807) is 6.07 Å². The number of halogens is 1. The van der Waals surface area contributed by atoms with Gasteiger partial charge in [0.2, 0.25) is 0 Å². The van der Waals surface area contributed by atoms with Gasteiger partial charge in [0.25, 0.3) is 5.91 Å². The first-order valence-corrected chi connectivity index (χ1v) is 8.45. The standard InChI is InChI=1S/C18H20ClNO4/c1-11-12-7-6-8-13(19)15(12)24-14(11)16(21)20-18(17(22)23-2)9-4-3-5-10-18/h6-8H,3-5,9-10H2,1-2H3,(H,20,21). The average Bonchev–Trinajstić information content (AvgIpc) is 2.93. The molecule has 1 heterocycles. The van der Waals surface area contributed by atoms with Crippen LogP contribution in [0.3, 0.4) is 0 Å². The van der Waals surface area contributed by atoms with Gasteiger partial charge in [-0.3, -0.25) is 4.79 Å². The molecule has 24 heavy (non-hydrogen) atoms. The first kappa shape index (κ1) is 16.8. The molecule has 0 bridgehead atoms. The fourth-order valence-corrected chi connectivity index (χ4v) is 3.64. The number of hydrogen-bond acceptors (Lipinski definition) is 4. The maximum Gasteiger partial charge on any atom is 0.331 e. The van der Waals surface area contributed by atoms with Crippen LogP contribution in [0.4, 0.5) is 0 Å². The van der Waals surface area contributed by atoms with Crippen LogP contribution in [0, 0.1) is 6.92 Å². The summed E-state index contributed by atoms with van der Waals surface area (Å²) < 4.78 is 10.6. The zero-order chi connectivity index (χ0) is 17.3. The van der Waals surface area contributed by atoms with Gasteiger partial charge in [-0.1, -0.05) is 43.0 Å². The van der Waals surface area contributed by atoms with Gasteiger partial charge in [-0.05, 0) is 25.8 Å². The number of methoxy groups -OCH3 is 1. The van der Waals surface area contributed by atoms with Crippen LogP contribution in [0.15, 0.2) is 22.6 Å². The van der Waals surface area contributed by atoms with Crippen LogP contribution in [0.25, 0.3) is 11.0 Å². The van der Waals surface area contributed by atoms with Gasteiger partial charge in [-0.2, -0.15) is 0 Å². The molecule has 1 aliphatic carbocycles. The predicted octanol–water partition coefficient (Wildman–Crippen LogP) is 4.00. The molecule has 6 heteroatoms. The topological polar surface area (TPSA) is 68.5 Å². The van der Waals surface area contributed by atoms with E-state index < -0.39 is 17.4 Å². The number of fused-ring (bicyclic) bond motifs is 1. The summed E-state index contributed by atoms with van der Waals surface area (Å²) in [5.74, 6) is -0.624. The summed E-state index contributed by atoms with van der Waals surface area (Å²) in [4.78, 5) is 25.1. The molecule has 5 nitrogen and oxygen atoms in total. The van der Waals surface area contributed by atoms with E-state index in [2.05, 4.69) is 5.32 Å². The maximum absolute atomic E-state index is 12.8. The number of benzene rings is 1. The molecule has 0 aliphatic heterocycles. The lowest BCUT2D eigenvalue weighted by Crippen LogP contribution is -2.56. The quantitative estimate of drug-likeness (QED) is 0.850. The van der Waals surface area contributed by atoms with Gasteiger partial charge in [-0.25, -0.2) is 4.79 Å². The molecule has 3 rings (SSSR count). The first-order valence-electron chi connectivity index (χ1n) is 8.07. The van der Waals surface area contributed by atoms with Gasteiger partial charge >= 0.3 is 5.97 Å². The van der Waals surface area contributed by atoms with Crippen LogP contribution >= 0.6 is 11.6 Å². The molecule has 2 aromatic rings. The lowest BCUT2D eigenvalue weighted by Gasteiger charge is -2.34. The van der Waals surface area contributed by atoms with E-state index in [1.165, 1.54) is 7.11 Å². The Labute approximate surface area is 145 Å². The number of ether oxygens (including phenoxy) is 1. The van der Waals surface area contributed by atoms with Gasteiger partial charge < -0.3 is 14.5 Å². The van der Waals surface area contributed by atoms with Crippen molar-refractivity contribution in [1.29, 1.82) is 0 Å². The highest BCUT2D eigenvalue weighted by Gasteiger charge is 2.42. The maximum atomic E-state index is 12.8. The number of hydrogen-bond donors (Lipinski definition) is 1. The summed E-state index contributed by atoms with van der Waals surface area (Å²) >= 11 is 6.14. The van der Waals surface area contributed by atoms with Crippen LogP contribution < -0.4 is 5.32 Å². The number of rotatable bonds is 3. The summed E-state index contributed by atoms with van der Waals surface area (Å²) in [6, 6.07) is 5.38. The SMILES string of the molecule is COC(=O)C1(NC(=O)c2oc3c(Cl)cccc3c2C)CCCCC1. The van der Waals surface area contributed by atoms with Crippen molar-refractivity contribution in [2.24, 2.45) is 0 Å². The minimum atomic E-state index is -0.973. The van der Waals surface area contributed by atoms with Crippen LogP contribution in [0.1, 0.15) is 48.2 Å². The van der Waals surface area contributed by atoms with E-state index >= 15 is 0 Å². The monoisotopic (exact) mass is 349 g/mol. The van der Waals surface area contributed by atoms with Crippen molar-refractivity contribution >= 4 is 34.4 Å². The number of nitrogens with one attached hydrogen (secondary N) is 1. The smallest absolute Gasteiger partial charge is 0.331 e. The van der Waals surface area contributed by atoms with Crippen LogP contribution in [-0.2, 0) is 9.53 Å². The van der Waals surface area contributed by atoms with Gasteiger partial charge in [0.1, 0.15) is 5.54 Å². The van der Waals surface area contributed by atoms with Gasteiger partial charge in [0.05, 0.1) is 12.1 Å². The Balaban J connectivity index is 1.95. The minimum absolute atomic E-state index is 0.187. The molecule has 0 unspecified atom stereocenters. The van der Waals surface area contributed by atoms with Gasteiger partial charge in [-0.15, -0.1) is 0 Å². The Morgan fingerprint density at radius 3 is 2.58 bits per heavy atom. The van der Waals surface area contributed by atoms with Gasteiger partial charge in [0, 0.05) is 10.9 Å². The third-order valence-electron chi connectivity index (χ3n) is 4.76. The molecule has 1 aromatic heterocycles. The third-order valence-corrected chi connectivity index (χ3v) is 5.06. The van der Waals surface area contributed by atoms with Crippen LogP contribution in [0.5, 0.6) is 0 Å². The number of amides is 1. The Hall–Kier alpha value is -2.01. The molecular weight excluding hydrogens is 330 g/mol. The fraction of sp³-hybridized carbons (Fsp3) is 0.444. The summed E-state index contributed by atoms with van der Waals surface area (Å²) in [5, 5.41) is 4.12. The van der Waals surface area contributed by atoms with E-state index in [1.807, 2.05) is 19.1 Å². The molecule has 1 N–H and O–H groups in total. The number of para-hydroxylation sites is 1. The highest BCUT2D eigenvalue weighted by molar-refractivity contribution is 6.35. The van der Waals surface area contributed by atoms with Crippen molar-refractivity contribution in [3.8, 4) is 0 Å². The molecule has 0 radical (unpaired) electrons. The molecule has 1 amide bonds. The van der Waals surface area contributed by atoms with Crippen molar-refractivity contribution in [3.63, 3.8) is 0 Å². The summed E-state index contributed by atoms with van der Waals surface area (Å²) in [6.45, 7) is 1.81. The predicted molar refractivity (Wildman–Crippen MR) is 91.3 cm³/mol. The van der Waals surface area contributed by atoms with E-state index in [-0.39, 0.29) is 5.76 Å². The molecule has 1 aromatic carbocycles. The molecule has 1 aliphatic rings. The van der Waals surface area contributed by atoms with E-state index in [4.69, 9.17) is 20.8 Å². The molecular formula is C18H20ClNO4. The normalized spacial score (nSPS) is 16.8. The van der Waals surface area contributed by atoms with Crippen LogP contribution in [0.2, 0.25) is 5.02 Å². The van der Waals surface area contributed by atoms with E-state index in [0.717, 1.165) is 24.6 Å². The molecule has 128 valence electrons. The van der Waals surface area contributed by atoms with E-state index in [0.29, 0.717) is 29.0 Å². The van der Waals surface area contributed by atoms with Gasteiger partial charge in [0.15, 0.2) is 11.3 Å². The van der Waals surface area contributed by atoms with Crippen molar-refractivity contribution in [2.75, 3.05) is 7.11 Å². The first-order chi connectivity index (χ1) is 11.5. The summed E-state index contributed by atoms with van der Waals surface area (Å²) in [7, 11) is 1.34. The van der Waals surface area contributed by atoms with Crippen molar-refractivity contribution in [2.45, 2.75) is 44.6 Å². The summed E-state index contributed by atoms with van der Waals surface area (Å²) in [5.41, 5.74) is 0.220. The Morgan fingerprint density at radius 2 is 1.96 bits per heavy atom. The average molecular weight is 350 g/mol. The zero-order valence-electron chi connectivity index (χ0n) is 13.8. The second-order valence-electron chi connectivity index (χ2n) is 6.26. The second-order valence-corrected chi connectivity index (χ2v) is 6.67. The third kappa shape index (κ3) is 2.77. The number of furan rings is 1. The molecule has 0 spiro atoms. The highest BCUT2D eigenvalue weighted by atomic mass is 35.5. The molecule has 1 saturated carbocycles. The molecule has 0 atom stereocenters.